The number of aliphatic hydroxyl groups is 1. The largest absolute Gasteiger partial charge is 0.416 e. The minimum absolute atomic E-state index is 0.151. The van der Waals surface area contributed by atoms with Crippen LogP contribution in [0.5, 0.6) is 0 Å². The van der Waals surface area contributed by atoms with E-state index in [2.05, 4.69) is 42.2 Å². The number of rotatable bonds is 2. The van der Waals surface area contributed by atoms with Crippen LogP contribution in [0.25, 0.3) is 0 Å². The number of halogens is 5. The maximum absolute atomic E-state index is 13.0. The summed E-state index contributed by atoms with van der Waals surface area (Å²) in [6.07, 6.45) is -6.06. The molecule has 0 saturated heterocycles. The summed E-state index contributed by atoms with van der Waals surface area (Å²) in [5, 5.41) is 17.5. The van der Waals surface area contributed by atoms with Crippen LogP contribution in [-0.2, 0) is 13.2 Å². The Morgan fingerprint density at radius 3 is 2.45 bits per heavy atom. The first-order valence-electron chi connectivity index (χ1n) is 5.31. The molecular weight excluding hydrogens is 407 g/mol. The summed E-state index contributed by atoms with van der Waals surface area (Å²) in [6.45, 7) is 0. The van der Waals surface area contributed by atoms with Gasteiger partial charge in [-0.1, -0.05) is 27.2 Å². The third-order valence-electron chi connectivity index (χ3n) is 2.70. The van der Waals surface area contributed by atoms with Gasteiger partial charge in [0.25, 0.3) is 0 Å². The molecule has 0 spiro atoms. The Bertz CT molecular complexity index is 623. The van der Waals surface area contributed by atoms with Gasteiger partial charge in [0, 0.05) is 11.5 Å². The fraction of sp³-hybridized carbons (Fsp3) is 0.273. The van der Waals surface area contributed by atoms with Gasteiger partial charge in [0.2, 0.25) is 0 Å². The zero-order chi connectivity index (χ0) is 15.1. The SMILES string of the molecule is Cn1nnc(Br)c1C(O)c1ccc(Br)cc1C(F)(F)F. The third kappa shape index (κ3) is 2.89. The second kappa shape index (κ2) is 5.45. The van der Waals surface area contributed by atoms with Gasteiger partial charge in [0.05, 0.1) is 5.56 Å². The summed E-state index contributed by atoms with van der Waals surface area (Å²) >= 11 is 6.05. The van der Waals surface area contributed by atoms with Crippen LogP contribution in [0, 0.1) is 0 Å². The molecule has 0 saturated carbocycles. The number of aliphatic hydroxyl groups excluding tert-OH is 1. The van der Waals surface area contributed by atoms with Crippen LogP contribution in [0.2, 0.25) is 0 Å². The van der Waals surface area contributed by atoms with Crippen LogP contribution in [0.4, 0.5) is 13.2 Å². The van der Waals surface area contributed by atoms with E-state index in [9.17, 15) is 18.3 Å². The van der Waals surface area contributed by atoms with E-state index in [0.717, 1.165) is 6.07 Å². The molecular formula is C11H8Br2F3N3O. The molecule has 20 heavy (non-hydrogen) atoms. The highest BCUT2D eigenvalue weighted by atomic mass is 79.9. The molecule has 0 fully saturated rings. The molecule has 0 aliphatic carbocycles. The lowest BCUT2D eigenvalue weighted by atomic mass is 10.00. The minimum atomic E-state index is -4.57. The number of alkyl halides is 3. The van der Waals surface area contributed by atoms with Crippen LogP contribution in [0.3, 0.4) is 0 Å². The molecule has 1 aromatic carbocycles. The highest BCUT2D eigenvalue weighted by Crippen LogP contribution is 2.38. The van der Waals surface area contributed by atoms with Gasteiger partial charge in [0.1, 0.15) is 11.8 Å². The lowest BCUT2D eigenvalue weighted by Crippen LogP contribution is -2.15. The standard InChI is InChI=1S/C11H8Br2F3N3O/c1-19-8(10(13)17-18-19)9(20)6-3-2-5(12)4-7(6)11(14,15)16/h2-4,9,20H,1H3. The van der Waals surface area contributed by atoms with Gasteiger partial charge in [-0.2, -0.15) is 13.2 Å². The van der Waals surface area contributed by atoms with Crippen molar-refractivity contribution < 1.29 is 18.3 Å². The Morgan fingerprint density at radius 2 is 1.95 bits per heavy atom. The first-order chi connectivity index (χ1) is 9.21. The summed E-state index contributed by atoms with van der Waals surface area (Å²) < 4.78 is 40.8. The van der Waals surface area contributed by atoms with Crippen molar-refractivity contribution in [2.75, 3.05) is 0 Å². The lowest BCUT2D eigenvalue weighted by molar-refractivity contribution is -0.139. The van der Waals surface area contributed by atoms with Gasteiger partial charge in [0.15, 0.2) is 4.60 Å². The molecule has 0 aliphatic heterocycles. The number of hydrogen-bond acceptors (Lipinski definition) is 3. The van der Waals surface area contributed by atoms with E-state index in [4.69, 9.17) is 0 Å². The molecule has 2 rings (SSSR count). The van der Waals surface area contributed by atoms with E-state index in [1.54, 1.807) is 0 Å². The zero-order valence-electron chi connectivity index (χ0n) is 9.99. The summed E-state index contributed by atoms with van der Waals surface area (Å²) in [4.78, 5) is 0. The summed E-state index contributed by atoms with van der Waals surface area (Å²) in [6, 6.07) is 3.58. The van der Waals surface area contributed by atoms with Crippen molar-refractivity contribution in [3.63, 3.8) is 0 Å². The first kappa shape index (κ1) is 15.5. The Kier molecular flexibility index (Phi) is 4.22. The van der Waals surface area contributed by atoms with E-state index in [1.165, 1.54) is 23.9 Å². The van der Waals surface area contributed by atoms with Gasteiger partial charge in [-0.3, -0.25) is 0 Å². The molecule has 0 amide bonds. The summed E-state index contributed by atoms with van der Waals surface area (Å²) in [5.41, 5.74) is -1.02. The number of hydrogen-bond donors (Lipinski definition) is 1. The fourth-order valence-corrected chi connectivity index (χ4v) is 2.69. The van der Waals surface area contributed by atoms with E-state index in [-0.39, 0.29) is 20.3 Å². The maximum Gasteiger partial charge on any atom is 0.416 e. The van der Waals surface area contributed by atoms with Crippen LogP contribution in [-0.4, -0.2) is 20.1 Å². The van der Waals surface area contributed by atoms with Crippen molar-refractivity contribution in [1.82, 2.24) is 15.0 Å². The molecule has 9 heteroatoms. The summed E-state index contributed by atoms with van der Waals surface area (Å²) in [7, 11) is 1.49. The topological polar surface area (TPSA) is 50.9 Å². The monoisotopic (exact) mass is 413 g/mol. The van der Waals surface area contributed by atoms with E-state index >= 15 is 0 Å². The van der Waals surface area contributed by atoms with Crippen molar-refractivity contribution >= 4 is 31.9 Å². The van der Waals surface area contributed by atoms with Crippen molar-refractivity contribution in [1.29, 1.82) is 0 Å². The molecule has 1 unspecified atom stereocenters. The fourth-order valence-electron chi connectivity index (χ4n) is 1.79. The minimum Gasteiger partial charge on any atom is -0.382 e. The molecule has 0 radical (unpaired) electrons. The average molecular weight is 415 g/mol. The Labute approximate surface area is 128 Å². The molecule has 2 aromatic rings. The van der Waals surface area contributed by atoms with E-state index < -0.39 is 17.8 Å². The average Bonchev–Trinajstić information content (AvgIpc) is 2.67. The molecule has 4 nitrogen and oxygen atoms in total. The molecule has 1 N–H and O–H groups in total. The second-order valence-corrected chi connectivity index (χ2v) is 5.69. The van der Waals surface area contributed by atoms with Gasteiger partial charge in [-0.15, -0.1) is 5.10 Å². The molecule has 1 atom stereocenters. The van der Waals surface area contributed by atoms with Gasteiger partial charge in [-0.25, -0.2) is 4.68 Å². The smallest absolute Gasteiger partial charge is 0.382 e. The van der Waals surface area contributed by atoms with Crippen LogP contribution in [0.15, 0.2) is 27.3 Å². The number of nitrogens with zero attached hydrogens (tertiary/aromatic N) is 3. The van der Waals surface area contributed by atoms with Gasteiger partial charge < -0.3 is 5.11 Å². The Hall–Kier alpha value is -0.930. The van der Waals surface area contributed by atoms with Crippen molar-refractivity contribution in [3.8, 4) is 0 Å². The van der Waals surface area contributed by atoms with E-state index in [1.807, 2.05) is 0 Å². The van der Waals surface area contributed by atoms with Gasteiger partial charge >= 0.3 is 6.18 Å². The molecule has 0 bridgehead atoms. The maximum atomic E-state index is 13.0. The first-order valence-corrected chi connectivity index (χ1v) is 6.90. The number of aryl methyl sites for hydroxylation is 1. The Morgan fingerprint density at radius 1 is 1.30 bits per heavy atom. The van der Waals surface area contributed by atoms with E-state index in [0.29, 0.717) is 0 Å². The van der Waals surface area contributed by atoms with Crippen molar-refractivity contribution in [2.45, 2.75) is 12.3 Å². The van der Waals surface area contributed by atoms with Gasteiger partial charge in [-0.05, 0) is 33.6 Å². The molecule has 1 aromatic heterocycles. The van der Waals surface area contributed by atoms with Crippen LogP contribution in [0.1, 0.15) is 22.9 Å². The number of aromatic nitrogens is 3. The van der Waals surface area contributed by atoms with Crippen molar-refractivity contribution in [3.05, 3.63) is 44.1 Å². The zero-order valence-corrected chi connectivity index (χ0v) is 13.2. The lowest BCUT2D eigenvalue weighted by Gasteiger charge is -2.18. The third-order valence-corrected chi connectivity index (χ3v) is 3.76. The Balaban J connectivity index is 2.58. The van der Waals surface area contributed by atoms with Crippen LogP contribution >= 0.6 is 31.9 Å². The predicted molar refractivity (Wildman–Crippen MR) is 71.9 cm³/mol. The van der Waals surface area contributed by atoms with Crippen LogP contribution < -0.4 is 0 Å². The van der Waals surface area contributed by atoms with Crippen molar-refractivity contribution in [2.24, 2.45) is 7.05 Å². The second-order valence-electron chi connectivity index (χ2n) is 4.02. The normalized spacial score (nSPS) is 13.6. The quantitative estimate of drug-likeness (QED) is 0.818. The highest BCUT2D eigenvalue weighted by molar-refractivity contribution is 9.10. The number of benzene rings is 1. The highest BCUT2D eigenvalue weighted by Gasteiger charge is 2.36. The summed E-state index contributed by atoms with van der Waals surface area (Å²) in [5.74, 6) is 0. The molecule has 1 heterocycles. The molecule has 108 valence electrons. The molecule has 0 aliphatic rings. The predicted octanol–water partition coefficient (Wildman–Crippen LogP) is 3.44.